The topological polar surface area (TPSA) is 29.5 Å². The first-order chi connectivity index (χ1) is 9.02. The first-order valence-corrected chi connectivity index (χ1v) is 6.62. The van der Waals surface area contributed by atoms with E-state index < -0.39 is 6.10 Å². The number of ether oxygens (including phenoxy) is 1. The first-order valence-electron chi connectivity index (χ1n) is 5.49. The van der Waals surface area contributed by atoms with Gasteiger partial charge >= 0.3 is 0 Å². The normalized spacial score (nSPS) is 12.3. The Morgan fingerprint density at radius 1 is 1.00 bits per heavy atom. The molecule has 100 valence electrons. The molecule has 0 saturated heterocycles. The second-order valence-electron chi connectivity index (χ2n) is 3.96. The van der Waals surface area contributed by atoms with Gasteiger partial charge in [0.2, 0.25) is 0 Å². The van der Waals surface area contributed by atoms with Crippen molar-refractivity contribution < 1.29 is 9.84 Å². The van der Waals surface area contributed by atoms with E-state index in [1.54, 1.807) is 36.4 Å². The Kier molecular flexibility index (Phi) is 4.58. The van der Waals surface area contributed by atoms with Crippen LogP contribution in [0, 0.1) is 0 Å². The highest BCUT2D eigenvalue weighted by Crippen LogP contribution is 2.34. The number of aliphatic hydroxyl groups excluding tert-OH is 1. The van der Waals surface area contributed by atoms with Crippen LogP contribution in [0.15, 0.2) is 36.4 Å². The van der Waals surface area contributed by atoms with E-state index in [0.717, 1.165) is 0 Å². The molecule has 0 aliphatic rings. The number of hydrogen-bond donors (Lipinski definition) is 1. The minimum Gasteiger partial charge on any atom is -0.495 e. The van der Waals surface area contributed by atoms with E-state index in [-0.39, 0.29) is 0 Å². The molecule has 0 aliphatic carbocycles. The molecule has 0 bridgehead atoms. The molecular weight excluding hydrogens is 307 g/mol. The summed E-state index contributed by atoms with van der Waals surface area (Å²) < 4.78 is 5.12. The fraction of sp³-hybridized carbons (Fsp3) is 0.143. The van der Waals surface area contributed by atoms with E-state index in [0.29, 0.717) is 31.9 Å². The van der Waals surface area contributed by atoms with Crippen molar-refractivity contribution in [3.05, 3.63) is 62.6 Å². The van der Waals surface area contributed by atoms with Crippen molar-refractivity contribution >= 4 is 34.8 Å². The van der Waals surface area contributed by atoms with Gasteiger partial charge in [-0.05, 0) is 35.9 Å². The van der Waals surface area contributed by atoms with Gasteiger partial charge in [-0.3, -0.25) is 0 Å². The molecule has 1 unspecified atom stereocenters. The number of halogens is 3. The van der Waals surface area contributed by atoms with Gasteiger partial charge in [-0.1, -0.05) is 40.9 Å². The summed E-state index contributed by atoms with van der Waals surface area (Å²) in [5, 5.41) is 11.8. The van der Waals surface area contributed by atoms with Gasteiger partial charge in [0.1, 0.15) is 11.9 Å². The summed E-state index contributed by atoms with van der Waals surface area (Å²) in [4.78, 5) is 0. The van der Waals surface area contributed by atoms with Gasteiger partial charge in [0, 0.05) is 15.6 Å². The number of aliphatic hydroxyl groups is 1. The van der Waals surface area contributed by atoms with Crippen molar-refractivity contribution in [1.29, 1.82) is 0 Å². The van der Waals surface area contributed by atoms with Gasteiger partial charge in [0.25, 0.3) is 0 Å². The molecule has 0 aromatic heterocycles. The van der Waals surface area contributed by atoms with Crippen LogP contribution in [-0.2, 0) is 0 Å². The van der Waals surface area contributed by atoms with Crippen molar-refractivity contribution in [1.82, 2.24) is 0 Å². The van der Waals surface area contributed by atoms with E-state index in [4.69, 9.17) is 39.5 Å². The lowest BCUT2D eigenvalue weighted by Crippen LogP contribution is -2.01. The zero-order chi connectivity index (χ0) is 14.0. The fourth-order valence-corrected chi connectivity index (χ4v) is 2.35. The van der Waals surface area contributed by atoms with Crippen LogP contribution < -0.4 is 4.74 Å². The Morgan fingerprint density at radius 3 is 2.37 bits per heavy atom. The average Bonchev–Trinajstić information content (AvgIpc) is 2.41. The minimum atomic E-state index is -0.891. The molecule has 0 saturated carbocycles. The van der Waals surface area contributed by atoms with Crippen LogP contribution >= 0.6 is 34.8 Å². The Morgan fingerprint density at radius 2 is 1.68 bits per heavy atom. The third kappa shape index (κ3) is 3.15. The minimum absolute atomic E-state index is 0.450. The molecule has 5 heteroatoms. The Hall–Kier alpha value is -0.930. The lowest BCUT2D eigenvalue weighted by atomic mass is 10.0. The summed E-state index contributed by atoms with van der Waals surface area (Å²) in [5.74, 6) is 0.497. The SMILES string of the molecule is COc1cc(C(O)c2cc(Cl)ccc2Cl)ccc1Cl. The summed E-state index contributed by atoms with van der Waals surface area (Å²) in [7, 11) is 1.52. The molecule has 0 amide bonds. The summed E-state index contributed by atoms with van der Waals surface area (Å²) in [5.41, 5.74) is 1.17. The van der Waals surface area contributed by atoms with Crippen molar-refractivity contribution in [2.45, 2.75) is 6.10 Å². The summed E-state index contributed by atoms with van der Waals surface area (Å²) >= 11 is 17.9. The van der Waals surface area contributed by atoms with Crippen LogP contribution in [0.4, 0.5) is 0 Å². The third-order valence-corrected chi connectivity index (χ3v) is 3.64. The highest BCUT2D eigenvalue weighted by Gasteiger charge is 2.16. The molecule has 0 radical (unpaired) electrons. The lowest BCUT2D eigenvalue weighted by Gasteiger charge is -2.15. The quantitative estimate of drug-likeness (QED) is 0.886. The summed E-state index contributed by atoms with van der Waals surface area (Å²) in [6, 6.07) is 10.0. The van der Waals surface area contributed by atoms with Crippen LogP contribution in [0.5, 0.6) is 5.75 Å². The Labute approximate surface area is 126 Å². The molecule has 0 fully saturated rings. The number of benzene rings is 2. The second-order valence-corrected chi connectivity index (χ2v) is 5.21. The van der Waals surface area contributed by atoms with Gasteiger partial charge in [-0.2, -0.15) is 0 Å². The molecule has 1 atom stereocenters. The molecule has 0 spiro atoms. The van der Waals surface area contributed by atoms with Crippen LogP contribution in [0.3, 0.4) is 0 Å². The van der Waals surface area contributed by atoms with Crippen molar-refractivity contribution in [3.63, 3.8) is 0 Å². The highest BCUT2D eigenvalue weighted by molar-refractivity contribution is 6.33. The van der Waals surface area contributed by atoms with Gasteiger partial charge in [0.05, 0.1) is 12.1 Å². The first kappa shape index (κ1) is 14.5. The zero-order valence-corrected chi connectivity index (χ0v) is 12.3. The van der Waals surface area contributed by atoms with Gasteiger partial charge in [-0.25, -0.2) is 0 Å². The monoisotopic (exact) mass is 316 g/mol. The Bertz CT molecular complexity index is 599. The standard InChI is InChI=1S/C14H11Cl3O2/c1-19-13-6-8(2-4-12(13)17)14(18)10-7-9(15)3-5-11(10)16/h2-7,14,18H,1H3. The molecule has 0 aliphatic heterocycles. The molecular formula is C14H11Cl3O2. The molecule has 2 aromatic rings. The van der Waals surface area contributed by atoms with E-state index >= 15 is 0 Å². The maximum absolute atomic E-state index is 10.4. The van der Waals surface area contributed by atoms with Crippen molar-refractivity contribution in [2.75, 3.05) is 7.11 Å². The van der Waals surface area contributed by atoms with Crippen LogP contribution in [0.1, 0.15) is 17.2 Å². The van der Waals surface area contributed by atoms with Gasteiger partial charge in [0.15, 0.2) is 0 Å². The lowest BCUT2D eigenvalue weighted by molar-refractivity contribution is 0.220. The van der Waals surface area contributed by atoms with E-state index in [1.165, 1.54) is 7.11 Å². The fourth-order valence-electron chi connectivity index (χ4n) is 1.75. The van der Waals surface area contributed by atoms with Crippen LogP contribution in [-0.4, -0.2) is 12.2 Å². The number of rotatable bonds is 3. The summed E-state index contributed by atoms with van der Waals surface area (Å²) in [6.45, 7) is 0. The maximum Gasteiger partial charge on any atom is 0.137 e. The maximum atomic E-state index is 10.4. The largest absolute Gasteiger partial charge is 0.495 e. The Balaban J connectivity index is 2.43. The molecule has 0 heterocycles. The average molecular weight is 318 g/mol. The molecule has 1 N–H and O–H groups in total. The zero-order valence-electron chi connectivity index (χ0n) is 10.0. The highest BCUT2D eigenvalue weighted by atomic mass is 35.5. The molecule has 2 aromatic carbocycles. The molecule has 2 rings (SSSR count). The predicted octanol–water partition coefficient (Wildman–Crippen LogP) is 4.74. The predicted molar refractivity (Wildman–Crippen MR) is 78.5 cm³/mol. The molecule has 2 nitrogen and oxygen atoms in total. The van der Waals surface area contributed by atoms with E-state index in [9.17, 15) is 5.11 Å². The smallest absolute Gasteiger partial charge is 0.137 e. The van der Waals surface area contributed by atoms with E-state index in [2.05, 4.69) is 0 Å². The number of methoxy groups -OCH3 is 1. The third-order valence-electron chi connectivity index (χ3n) is 2.74. The molecule has 19 heavy (non-hydrogen) atoms. The van der Waals surface area contributed by atoms with E-state index in [1.807, 2.05) is 0 Å². The van der Waals surface area contributed by atoms with Gasteiger partial charge < -0.3 is 9.84 Å². The summed E-state index contributed by atoms with van der Waals surface area (Å²) in [6.07, 6.45) is -0.891. The second kappa shape index (κ2) is 6.02. The van der Waals surface area contributed by atoms with Gasteiger partial charge in [-0.15, -0.1) is 0 Å². The van der Waals surface area contributed by atoms with Crippen LogP contribution in [0.2, 0.25) is 15.1 Å². The van der Waals surface area contributed by atoms with Crippen molar-refractivity contribution in [2.24, 2.45) is 0 Å². The number of hydrogen-bond acceptors (Lipinski definition) is 2. The van der Waals surface area contributed by atoms with Crippen molar-refractivity contribution in [3.8, 4) is 5.75 Å². The van der Waals surface area contributed by atoms with Crippen LogP contribution in [0.25, 0.3) is 0 Å².